The van der Waals surface area contributed by atoms with E-state index in [4.69, 9.17) is 5.73 Å². The van der Waals surface area contributed by atoms with Gasteiger partial charge >= 0.3 is 0 Å². The van der Waals surface area contributed by atoms with Crippen molar-refractivity contribution in [2.24, 2.45) is 11.1 Å². The standard InChI is InChI=1S/C14H23FN2/c1-11(12-6-5-7-13(15)8-12)17(4)10-14(2,3)9-16/h5-8,11H,9-10,16H2,1-4H3. The van der Waals surface area contributed by atoms with Crippen molar-refractivity contribution in [2.45, 2.75) is 26.8 Å². The van der Waals surface area contributed by atoms with E-state index in [0.29, 0.717) is 6.54 Å². The van der Waals surface area contributed by atoms with E-state index in [1.807, 2.05) is 13.1 Å². The smallest absolute Gasteiger partial charge is 0.123 e. The summed E-state index contributed by atoms with van der Waals surface area (Å²) >= 11 is 0. The third-order valence-corrected chi connectivity index (χ3v) is 3.22. The number of hydrogen-bond donors (Lipinski definition) is 1. The quantitative estimate of drug-likeness (QED) is 0.854. The van der Waals surface area contributed by atoms with Crippen LogP contribution in [0.5, 0.6) is 0 Å². The van der Waals surface area contributed by atoms with Gasteiger partial charge in [-0.2, -0.15) is 0 Å². The van der Waals surface area contributed by atoms with Crippen LogP contribution in [0.1, 0.15) is 32.4 Å². The van der Waals surface area contributed by atoms with Crippen LogP contribution < -0.4 is 5.73 Å². The summed E-state index contributed by atoms with van der Waals surface area (Å²) in [6.45, 7) is 7.90. The predicted molar refractivity (Wildman–Crippen MR) is 70.3 cm³/mol. The minimum atomic E-state index is -0.180. The van der Waals surface area contributed by atoms with Crippen LogP contribution in [0, 0.1) is 11.2 Å². The number of benzene rings is 1. The second-order valence-electron chi connectivity index (χ2n) is 5.51. The van der Waals surface area contributed by atoms with E-state index in [-0.39, 0.29) is 17.3 Å². The normalized spacial score (nSPS) is 14.1. The first kappa shape index (κ1) is 14.1. The molecule has 1 atom stereocenters. The molecule has 1 rings (SSSR count). The summed E-state index contributed by atoms with van der Waals surface area (Å²) in [5.41, 5.74) is 6.81. The van der Waals surface area contributed by atoms with Crippen LogP contribution in [-0.4, -0.2) is 25.0 Å². The molecule has 1 unspecified atom stereocenters. The van der Waals surface area contributed by atoms with E-state index < -0.39 is 0 Å². The van der Waals surface area contributed by atoms with Gasteiger partial charge in [-0.15, -0.1) is 0 Å². The average molecular weight is 238 g/mol. The molecule has 1 aromatic rings. The SMILES string of the molecule is CC(c1cccc(F)c1)N(C)CC(C)(C)CN. The summed E-state index contributed by atoms with van der Waals surface area (Å²) in [7, 11) is 2.05. The van der Waals surface area contributed by atoms with Crippen molar-refractivity contribution >= 4 is 0 Å². The molecule has 3 heteroatoms. The Balaban J connectivity index is 2.73. The highest BCUT2D eigenvalue weighted by Gasteiger charge is 2.21. The lowest BCUT2D eigenvalue weighted by Crippen LogP contribution is -2.37. The van der Waals surface area contributed by atoms with Crippen LogP contribution in [0.4, 0.5) is 4.39 Å². The number of nitrogens with two attached hydrogens (primary N) is 1. The van der Waals surface area contributed by atoms with Crippen LogP contribution in [0.2, 0.25) is 0 Å². The zero-order valence-electron chi connectivity index (χ0n) is 11.2. The van der Waals surface area contributed by atoms with Gasteiger partial charge in [-0.3, -0.25) is 4.90 Å². The molecule has 1 aromatic carbocycles. The van der Waals surface area contributed by atoms with Gasteiger partial charge in [0.05, 0.1) is 0 Å². The molecule has 0 fully saturated rings. The molecule has 0 spiro atoms. The molecule has 0 saturated carbocycles. The zero-order chi connectivity index (χ0) is 13.1. The van der Waals surface area contributed by atoms with Crippen molar-refractivity contribution in [3.8, 4) is 0 Å². The maximum atomic E-state index is 13.2. The first-order valence-electron chi connectivity index (χ1n) is 6.01. The maximum absolute atomic E-state index is 13.2. The van der Waals surface area contributed by atoms with Gasteiger partial charge in [-0.05, 0) is 43.6 Å². The molecule has 0 aromatic heterocycles. The molecule has 0 saturated heterocycles. The highest BCUT2D eigenvalue weighted by molar-refractivity contribution is 5.19. The second kappa shape index (κ2) is 5.61. The molecule has 0 heterocycles. The Labute approximate surface area is 104 Å². The van der Waals surface area contributed by atoms with Gasteiger partial charge in [0.25, 0.3) is 0 Å². The molecular weight excluding hydrogens is 215 g/mol. The summed E-state index contributed by atoms with van der Waals surface area (Å²) < 4.78 is 13.2. The fraction of sp³-hybridized carbons (Fsp3) is 0.571. The summed E-state index contributed by atoms with van der Waals surface area (Å²) in [4.78, 5) is 2.21. The van der Waals surface area contributed by atoms with Gasteiger partial charge in [0.15, 0.2) is 0 Å². The van der Waals surface area contributed by atoms with Gasteiger partial charge in [-0.25, -0.2) is 4.39 Å². The second-order valence-corrected chi connectivity index (χ2v) is 5.51. The Morgan fingerprint density at radius 2 is 2.06 bits per heavy atom. The summed E-state index contributed by atoms with van der Waals surface area (Å²) in [6.07, 6.45) is 0. The fourth-order valence-electron chi connectivity index (χ4n) is 1.90. The molecule has 17 heavy (non-hydrogen) atoms. The van der Waals surface area contributed by atoms with Crippen molar-refractivity contribution < 1.29 is 4.39 Å². The van der Waals surface area contributed by atoms with Crippen LogP contribution in [-0.2, 0) is 0 Å². The van der Waals surface area contributed by atoms with Crippen molar-refractivity contribution in [1.29, 1.82) is 0 Å². The van der Waals surface area contributed by atoms with Gasteiger partial charge in [-0.1, -0.05) is 26.0 Å². The van der Waals surface area contributed by atoms with Crippen LogP contribution in [0.15, 0.2) is 24.3 Å². The summed E-state index contributed by atoms with van der Waals surface area (Å²) in [5, 5.41) is 0. The monoisotopic (exact) mass is 238 g/mol. The Morgan fingerprint density at radius 1 is 1.41 bits per heavy atom. The third kappa shape index (κ3) is 4.10. The Hall–Kier alpha value is -0.930. The number of halogens is 1. The van der Waals surface area contributed by atoms with E-state index in [9.17, 15) is 4.39 Å². The molecular formula is C14H23FN2. The molecule has 96 valence electrons. The van der Waals surface area contributed by atoms with Crippen LogP contribution in [0.25, 0.3) is 0 Å². The third-order valence-electron chi connectivity index (χ3n) is 3.22. The van der Waals surface area contributed by atoms with E-state index in [2.05, 4.69) is 25.7 Å². The molecule has 0 aliphatic rings. The Morgan fingerprint density at radius 3 is 2.59 bits per heavy atom. The van der Waals surface area contributed by atoms with E-state index in [1.165, 1.54) is 6.07 Å². The number of rotatable bonds is 5. The highest BCUT2D eigenvalue weighted by atomic mass is 19.1. The maximum Gasteiger partial charge on any atom is 0.123 e. The largest absolute Gasteiger partial charge is 0.330 e. The average Bonchev–Trinajstić information content (AvgIpc) is 2.27. The van der Waals surface area contributed by atoms with Gasteiger partial charge < -0.3 is 5.73 Å². The van der Waals surface area contributed by atoms with Gasteiger partial charge in [0.2, 0.25) is 0 Å². The lowest BCUT2D eigenvalue weighted by molar-refractivity contribution is 0.174. The highest BCUT2D eigenvalue weighted by Crippen LogP contribution is 2.23. The molecule has 0 amide bonds. The Kier molecular flexibility index (Phi) is 4.66. The zero-order valence-corrected chi connectivity index (χ0v) is 11.2. The van der Waals surface area contributed by atoms with Gasteiger partial charge in [0.1, 0.15) is 5.82 Å². The molecule has 2 nitrogen and oxygen atoms in total. The van der Waals surface area contributed by atoms with Crippen molar-refractivity contribution in [3.63, 3.8) is 0 Å². The van der Waals surface area contributed by atoms with Gasteiger partial charge in [0, 0.05) is 12.6 Å². The van der Waals surface area contributed by atoms with Crippen molar-refractivity contribution in [1.82, 2.24) is 4.90 Å². The molecule has 0 radical (unpaired) electrons. The van der Waals surface area contributed by atoms with E-state index in [0.717, 1.165) is 12.1 Å². The number of nitrogens with zero attached hydrogens (tertiary/aromatic N) is 1. The van der Waals surface area contributed by atoms with E-state index >= 15 is 0 Å². The van der Waals surface area contributed by atoms with Crippen LogP contribution in [0.3, 0.4) is 0 Å². The minimum Gasteiger partial charge on any atom is -0.330 e. The first-order chi connectivity index (χ1) is 7.85. The summed E-state index contributed by atoms with van der Waals surface area (Å²) in [5.74, 6) is -0.180. The fourth-order valence-corrected chi connectivity index (χ4v) is 1.90. The van der Waals surface area contributed by atoms with Crippen LogP contribution >= 0.6 is 0 Å². The lowest BCUT2D eigenvalue weighted by Gasteiger charge is -2.33. The van der Waals surface area contributed by atoms with Crippen molar-refractivity contribution in [2.75, 3.05) is 20.1 Å². The summed E-state index contributed by atoms with van der Waals surface area (Å²) in [6, 6.07) is 6.97. The minimum absolute atomic E-state index is 0.0797. The number of hydrogen-bond acceptors (Lipinski definition) is 2. The first-order valence-corrected chi connectivity index (χ1v) is 6.01. The van der Waals surface area contributed by atoms with Crippen molar-refractivity contribution in [3.05, 3.63) is 35.6 Å². The topological polar surface area (TPSA) is 29.3 Å². The Bertz CT molecular complexity index is 363. The van der Waals surface area contributed by atoms with E-state index in [1.54, 1.807) is 12.1 Å². The molecule has 2 N–H and O–H groups in total. The lowest BCUT2D eigenvalue weighted by atomic mass is 9.92. The molecule has 0 aliphatic heterocycles. The predicted octanol–water partition coefficient (Wildman–Crippen LogP) is 2.80. The molecule has 0 bridgehead atoms. The molecule has 0 aliphatic carbocycles.